The van der Waals surface area contributed by atoms with E-state index in [2.05, 4.69) is 15.5 Å². The minimum absolute atomic E-state index is 0.0489. The molecular weight excluding hydrogens is 306 g/mol. The number of nitrogens with one attached hydrogen (secondary N) is 2. The molecule has 0 aliphatic carbocycles. The van der Waals surface area contributed by atoms with Crippen LogP contribution in [0.15, 0.2) is 24.3 Å². The van der Waals surface area contributed by atoms with Crippen molar-refractivity contribution in [3.8, 4) is 5.75 Å². The highest BCUT2D eigenvalue weighted by Gasteiger charge is 2.33. The van der Waals surface area contributed by atoms with Gasteiger partial charge in [-0.25, -0.2) is 0 Å². The summed E-state index contributed by atoms with van der Waals surface area (Å²) in [6.07, 6.45) is 5.98. The Hall–Kier alpha value is -2.08. The van der Waals surface area contributed by atoms with E-state index >= 15 is 0 Å². The molecule has 3 rings (SSSR count). The largest absolute Gasteiger partial charge is 0.508 e. The van der Waals surface area contributed by atoms with Crippen LogP contribution in [0.1, 0.15) is 32.1 Å². The summed E-state index contributed by atoms with van der Waals surface area (Å²) in [5.74, 6) is -0.840. The van der Waals surface area contributed by atoms with Gasteiger partial charge in [-0.15, -0.1) is 0 Å². The van der Waals surface area contributed by atoms with E-state index in [1.165, 1.54) is 31.4 Å². The Morgan fingerprint density at radius 1 is 1.12 bits per heavy atom. The second-order valence-electron chi connectivity index (χ2n) is 6.72. The minimum Gasteiger partial charge on any atom is -0.508 e. The molecule has 2 aliphatic heterocycles. The molecule has 0 radical (unpaired) electrons. The van der Waals surface area contributed by atoms with Gasteiger partial charge < -0.3 is 20.6 Å². The second kappa shape index (κ2) is 7.66. The molecule has 0 spiro atoms. The van der Waals surface area contributed by atoms with E-state index in [1.807, 2.05) is 0 Å². The Morgan fingerprint density at radius 3 is 2.79 bits per heavy atom. The molecule has 6 nitrogen and oxygen atoms in total. The summed E-state index contributed by atoms with van der Waals surface area (Å²) < 4.78 is 0. The SMILES string of the molecule is O=C(NC[C@H]1CCCN2CCCC[C@H]12)C(=O)Nc1cccc(O)c1. The number of carbonyl (C=O) groups excluding carboxylic acids is 2. The summed E-state index contributed by atoms with van der Waals surface area (Å²) in [5.41, 5.74) is 0.409. The van der Waals surface area contributed by atoms with Crippen LogP contribution < -0.4 is 10.6 Å². The maximum absolute atomic E-state index is 12.0. The van der Waals surface area contributed by atoms with Crippen molar-refractivity contribution in [3.05, 3.63) is 24.3 Å². The van der Waals surface area contributed by atoms with Gasteiger partial charge in [-0.1, -0.05) is 12.5 Å². The number of benzene rings is 1. The number of nitrogens with zero attached hydrogens (tertiary/aromatic N) is 1. The van der Waals surface area contributed by atoms with Crippen molar-refractivity contribution in [1.82, 2.24) is 10.2 Å². The number of rotatable bonds is 3. The Kier molecular flexibility index (Phi) is 5.35. The molecule has 2 fully saturated rings. The van der Waals surface area contributed by atoms with E-state index in [0.29, 0.717) is 24.2 Å². The summed E-state index contributed by atoms with van der Waals surface area (Å²) in [6.45, 7) is 2.87. The number of fused-ring (bicyclic) bond motifs is 1. The number of carbonyl (C=O) groups is 2. The Bertz CT molecular complexity index is 603. The highest BCUT2D eigenvalue weighted by atomic mass is 16.3. The number of aromatic hydroxyl groups is 1. The minimum atomic E-state index is -0.697. The normalized spacial score (nSPS) is 24.0. The standard InChI is InChI=1S/C18H25N3O3/c22-15-7-3-6-14(11-15)20-18(24)17(23)19-12-13-5-4-10-21-9-2-1-8-16(13)21/h3,6-7,11,13,16,22H,1-2,4-5,8-10,12H2,(H,19,23)(H,20,24)/t13-,16-/m1/s1. The van der Waals surface area contributed by atoms with Crippen LogP contribution in [0.25, 0.3) is 0 Å². The maximum Gasteiger partial charge on any atom is 0.313 e. The predicted molar refractivity (Wildman–Crippen MR) is 91.7 cm³/mol. The van der Waals surface area contributed by atoms with Crippen molar-refractivity contribution in [2.24, 2.45) is 5.92 Å². The first-order valence-corrected chi connectivity index (χ1v) is 8.76. The number of phenolic OH excluding ortho intramolecular Hbond substituents is 1. The molecule has 2 saturated heterocycles. The quantitative estimate of drug-likeness (QED) is 0.737. The van der Waals surface area contributed by atoms with Crippen molar-refractivity contribution in [1.29, 1.82) is 0 Å². The number of anilines is 1. The first-order chi connectivity index (χ1) is 11.6. The summed E-state index contributed by atoms with van der Waals surface area (Å²) in [6, 6.07) is 6.71. The molecular formula is C18H25N3O3. The highest BCUT2D eigenvalue weighted by molar-refractivity contribution is 6.39. The fraction of sp³-hybridized carbons (Fsp3) is 0.556. The van der Waals surface area contributed by atoms with E-state index in [4.69, 9.17) is 0 Å². The van der Waals surface area contributed by atoms with Gasteiger partial charge in [0, 0.05) is 24.3 Å². The Labute approximate surface area is 142 Å². The van der Waals surface area contributed by atoms with Gasteiger partial charge >= 0.3 is 11.8 Å². The number of amides is 2. The van der Waals surface area contributed by atoms with Crippen LogP contribution in [-0.4, -0.2) is 47.5 Å². The molecule has 6 heteroatoms. The van der Waals surface area contributed by atoms with Crippen molar-refractivity contribution < 1.29 is 14.7 Å². The lowest BCUT2D eigenvalue weighted by Crippen LogP contribution is -2.51. The van der Waals surface area contributed by atoms with Gasteiger partial charge in [-0.05, 0) is 56.8 Å². The first kappa shape index (κ1) is 16.8. The van der Waals surface area contributed by atoms with Gasteiger partial charge in [0.15, 0.2) is 0 Å². The molecule has 0 saturated carbocycles. The molecule has 24 heavy (non-hydrogen) atoms. The molecule has 2 atom stereocenters. The van der Waals surface area contributed by atoms with Gasteiger partial charge in [0.25, 0.3) is 0 Å². The topological polar surface area (TPSA) is 81.7 Å². The summed E-state index contributed by atoms with van der Waals surface area (Å²) in [7, 11) is 0. The lowest BCUT2D eigenvalue weighted by molar-refractivity contribution is -0.136. The van der Waals surface area contributed by atoms with E-state index in [9.17, 15) is 14.7 Å². The second-order valence-corrected chi connectivity index (χ2v) is 6.72. The molecule has 3 N–H and O–H groups in total. The zero-order valence-electron chi connectivity index (χ0n) is 13.8. The number of hydrogen-bond donors (Lipinski definition) is 3. The van der Waals surface area contributed by atoms with Gasteiger partial charge in [0.05, 0.1) is 0 Å². The molecule has 0 aromatic heterocycles. The van der Waals surface area contributed by atoms with Gasteiger partial charge in [0.2, 0.25) is 0 Å². The first-order valence-electron chi connectivity index (χ1n) is 8.76. The lowest BCUT2D eigenvalue weighted by atomic mass is 9.83. The maximum atomic E-state index is 12.0. The van der Waals surface area contributed by atoms with Gasteiger partial charge in [0.1, 0.15) is 5.75 Å². The van der Waals surface area contributed by atoms with Crippen LogP contribution >= 0.6 is 0 Å². The third-order valence-corrected chi connectivity index (χ3v) is 5.06. The monoisotopic (exact) mass is 331 g/mol. The summed E-state index contributed by atoms with van der Waals surface area (Å²) >= 11 is 0. The van der Waals surface area contributed by atoms with Gasteiger partial charge in [-0.2, -0.15) is 0 Å². The smallest absolute Gasteiger partial charge is 0.313 e. The fourth-order valence-electron chi connectivity index (χ4n) is 3.89. The fourth-order valence-corrected chi connectivity index (χ4v) is 3.89. The van der Waals surface area contributed by atoms with E-state index in [0.717, 1.165) is 25.9 Å². The molecule has 2 heterocycles. The third-order valence-electron chi connectivity index (χ3n) is 5.06. The van der Waals surface area contributed by atoms with Crippen LogP contribution in [0.3, 0.4) is 0 Å². The van der Waals surface area contributed by atoms with Crippen molar-refractivity contribution in [2.45, 2.75) is 38.1 Å². The van der Waals surface area contributed by atoms with Crippen LogP contribution in [0.4, 0.5) is 5.69 Å². The van der Waals surface area contributed by atoms with Gasteiger partial charge in [-0.3, -0.25) is 9.59 Å². The molecule has 0 bridgehead atoms. The molecule has 130 valence electrons. The lowest BCUT2D eigenvalue weighted by Gasteiger charge is -2.44. The number of phenols is 1. The van der Waals surface area contributed by atoms with Crippen LogP contribution in [0, 0.1) is 5.92 Å². The zero-order chi connectivity index (χ0) is 16.9. The highest BCUT2D eigenvalue weighted by Crippen LogP contribution is 2.30. The van der Waals surface area contributed by atoms with Crippen LogP contribution in [-0.2, 0) is 9.59 Å². The van der Waals surface area contributed by atoms with Crippen molar-refractivity contribution in [3.63, 3.8) is 0 Å². The Balaban J connectivity index is 1.50. The zero-order valence-corrected chi connectivity index (χ0v) is 13.8. The summed E-state index contributed by atoms with van der Waals surface area (Å²) in [5, 5.41) is 14.7. The number of piperidine rings is 2. The number of hydrogen-bond acceptors (Lipinski definition) is 4. The molecule has 0 unspecified atom stereocenters. The third kappa shape index (κ3) is 4.06. The van der Waals surface area contributed by atoms with Crippen molar-refractivity contribution in [2.75, 3.05) is 25.0 Å². The van der Waals surface area contributed by atoms with Crippen LogP contribution in [0.2, 0.25) is 0 Å². The molecule has 1 aromatic carbocycles. The predicted octanol–water partition coefficient (Wildman–Crippen LogP) is 1.71. The van der Waals surface area contributed by atoms with Crippen LogP contribution in [0.5, 0.6) is 5.75 Å². The van der Waals surface area contributed by atoms with E-state index in [1.54, 1.807) is 12.1 Å². The van der Waals surface area contributed by atoms with Crippen molar-refractivity contribution >= 4 is 17.5 Å². The molecule has 2 amide bonds. The average molecular weight is 331 g/mol. The van der Waals surface area contributed by atoms with E-state index < -0.39 is 11.8 Å². The molecule has 1 aromatic rings. The summed E-state index contributed by atoms with van der Waals surface area (Å²) in [4.78, 5) is 26.5. The Morgan fingerprint density at radius 2 is 1.96 bits per heavy atom. The van der Waals surface area contributed by atoms with E-state index in [-0.39, 0.29) is 5.75 Å². The molecule has 2 aliphatic rings. The average Bonchev–Trinajstić information content (AvgIpc) is 2.59.